The van der Waals surface area contributed by atoms with Gasteiger partial charge in [-0.15, -0.1) is 0 Å². The van der Waals surface area contributed by atoms with Crippen LogP contribution < -0.4 is 0 Å². The zero-order valence-corrected chi connectivity index (χ0v) is 13.0. The molecule has 1 unspecified atom stereocenters. The van der Waals surface area contributed by atoms with Gasteiger partial charge in [0.15, 0.2) is 0 Å². The van der Waals surface area contributed by atoms with Gasteiger partial charge in [0.25, 0.3) is 0 Å². The molecule has 1 atom stereocenters. The maximum atomic E-state index is 13.7. The fraction of sp³-hybridized carbons (Fsp3) is 1.00. The van der Waals surface area contributed by atoms with Gasteiger partial charge in [-0.05, 0) is 13.3 Å². The van der Waals surface area contributed by atoms with Crippen LogP contribution in [0.1, 0.15) is 33.1 Å². The lowest BCUT2D eigenvalue weighted by Crippen LogP contribution is -2.73. The van der Waals surface area contributed by atoms with Crippen molar-refractivity contribution in [3.05, 3.63) is 0 Å². The monoisotopic (exact) mass is 420 g/mol. The van der Waals surface area contributed by atoms with E-state index in [0.29, 0.717) is 0 Å². The van der Waals surface area contributed by atoms with Gasteiger partial charge in [-0.2, -0.15) is 57.1 Å². The van der Waals surface area contributed by atoms with E-state index in [0.717, 1.165) is 0 Å². The molecule has 0 rings (SSSR count). The fourth-order valence-electron chi connectivity index (χ4n) is 1.79. The molecule has 0 saturated heterocycles. The molecule has 14 heteroatoms. The number of halogens is 13. The topological polar surface area (TPSA) is 20.2 Å². The average molecular weight is 420 g/mol. The van der Waals surface area contributed by atoms with E-state index in [1.54, 1.807) is 0 Å². The first kappa shape index (κ1) is 25.1. The summed E-state index contributed by atoms with van der Waals surface area (Å²) in [6.45, 7) is 1.12. The minimum Gasteiger partial charge on any atom is -0.384 e. The summed E-state index contributed by atoms with van der Waals surface area (Å²) in [6, 6.07) is 0. The van der Waals surface area contributed by atoms with Crippen molar-refractivity contribution in [3.8, 4) is 0 Å². The van der Waals surface area contributed by atoms with Gasteiger partial charge in [0, 0.05) is 0 Å². The molecule has 0 aromatic heterocycles. The number of aliphatic hydroxyl groups is 1. The highest BCUT2D eigenvalue weighted by molar-refractivity contribution is 5.13. The van der Waals surface area contributed by atoms with Gasteiger partial charge < -0.3 is 5.11 Å². The lowest BCUT2D eigenvalue weighted by atomic mass is 9.83. The summed E-state index contributed by atoms with van der Waals surface area (Å²) in [4.78, 5) is 0. The number of alkyl halides is 13. The van der Waals surface area contributed by atoms with Crippen molar-refractivity contribution in [3.63, 3.8) is 0 Å². The molecule has 0 radical (unpaired) electrons. The van der Waals surface area contributed by atoms with Crippen LogP contribution >= 0.6 is 0 Å². The van der Waals surface area contributed by atoms with Crippen molar-refractivity contribution < 1.29 is 62.2 Å². The Labute approximate surface area is 138 Å². The van der Waals surface area contributed by atoms with E-state index < -0.39 is 54.2 Å². The summed E-state index contributed by atoms with van der Waals surface area (Å²) < 4.78 is 168. The minimum absolute atomic E-state index is 0.0590. The van der Waals surface area contributed by atoms with Crippen molar-refractivity contribution >= 4 is 0 Å². The molecule has 0 aromatic carbocycles. The predicted octanol–water partition coefficient (Wildman–Crippen LogP) is 5.67. The first-order valence-corrected chi connectivity index (χ1v) is 6.74. The van der Waals surface area contributed by atoms with Crippen LogP contribution in [0.25, 0.3) is 0 Å². The summed E-state index contributed by atoms with van der Waals surface area (Å²) in [5, 5.41) is 9.28. The molecular formula is C12H13F13O. The van der Waals surface area contributed by atoms with Crippen LogP contribution in [-0.4, -0.2) is 46.5 Å². The second kappa shape index (κ2) is 6.59. The minimum atomic E-state index is -7.95. The molecule has 0 heterocycles. The highest BCUT2D eigenvalue weighted by Crippen LogP contribution is 2.61. The van der Waals surface area contributed by atoms with E-state index in [1.807, 2.05) is 0 Å². The second-order valence-corrected chi connectivity index (χ2v) is 5.75. The lowest BCUT2D eigenvalue weighted by molar-refractivity contribution is -0.449. The normalized spacial score (nSPS) is 18.0. The van der Waals surface area contributed by atoms with E-state index >= 15 is 0 Å². The van der Waals surface area contributed by atoms with Gasteiger partial charge in [-0.3, -0.25) is 0 Å². The third kappa shape index (κ3) is 3.33. The summed E-state index contributed by atoms with van der Waals surface area (Å²) >= 11 is 0. The molecule has 0 aliphatic heterocycles. The zero-order valence-electron chi connectivity index (χ0n) is 13.0. The number of rotatable bonds is 8. The Hall–Kier alpha value is -0.950. The summed E-state index contributed by atoms with van der Waals surface area (Å²) in [5.41, 5.74) is -4.11. The van der Waals surface area contributed by atoms with Gasteiger partial charge in [-0.25, -0.2) is 0 Å². The van der Waals surface area contributed by atoms with Gasteiger partial charge in [-0.1, -0.05) is 19.8 Å². The third-order valence-electron chi connectivity index (χ3n) is 3.63. The van der Waals surface area contributed by atoms with Crippen LogP contribution in [0.5, 0.6) is 0 Å². The summed E-state index contributed by atoms with van der Waals surface area (Å²) in [6.07, 6.45) is -9.37. The van der Waals surface area contributed by atoms with Crippen LogP contribution in [0.2, 0.25) is 0 Å². The smallest absolute Gasteiger partial charge is 0.384 e. The van der Waals surface area contributed by atoms with Crippen molar-refractivity contribution in [2.24, 2.45) is 0 Å². The highest BCUT2D eigenvalue weighted by Gasteiger charge is 2.92. The van der Waals surface area contributed by atoms with Crippen molar-refractivity contribution in [2.75, 3.05) is 0 Å². The first-order chi connectivity index (χ1) is 11.1. The number of hydrogen-bond donors (Lipinski definition) is 1. The van der Waals surface area contributed by atoms with E-state index in [2.05, 4.69) is 0 Å². The Morgan fingerprint density at radius 2 is 0.885 bits per heavy atom. The fourth-order valence-corrected chi connectivity index (χ4v) is 1.79. The molecule has 0 spiro atoms. The molecule has 1 nitrogen and oxygen atoms in total. The number of hydrogen-bond acceptors (Lipinski definition) is 1. The maximum Gasteiger partial charge on any atom is 0.460 e. The Balaban J connectivity index is 6.33. The standard InChI is InChI=1S/C12H13F13O/c1-3-4-5-6(2,26)7(13,14)8(15,16)9(17,18)10(19,20)11(21,22)12(23,24)25/h26H,3-5H2,1-2H3. The molecule has 158 valence electrons. The van der Waals surface area contributed by atoms with Crippen LogP contribution in [-0.2, 0) is 0 Å². The highest BCUT2D eigenvalue weighted by atomic mass is 19.4. The molecule has 0 aromatic rings. The van der Waals surface area contributed by atoms with Gasteiger partial charge in [0.05, 0.1) is 0 Å². The molecule has 0 fully saturated rings. The molecule has 26 heavy (non-hydrogen) atoms. The molecule has 0 aliphatic rings. The van der Waals surface area contributed by atoms with Crippen molar-refractivity contribution in [1.82, 2.24) is 0 Å². The molecule has 0 saturated carbocycles. The molecular weight excluding hydrogens is 407 g/mol. The van der Waals surface area contributed by atoms with E-state index in [4.69, 9.17) is 0 Å². The van der Waals surface area contributed by atoms with Crippen molar-refractivity contribution in [2.45, 2.75) is 74.5 Å². The van der Waals surface area contributed by atoms with Crippen LogP contribution in [0.4, 0.5) is 57.1 Å². The van der Waals surface area contributed by atoms with Gasteiger partial charge >= 0.3 is 35.8 Å². The third-order valence-corrected chi connectivity index (χ3v) is 3.63. The predicted molar refractivity (Wildman–Crippen MR) is 60.9 cm³/mol. The van der Waals surface area contributed by atoms with Crippen LogP contribution in [0, 0.1) is 0 Å². The zero-order chi connectivity index (χ0) is 21.6. The van der Waals surface area contributed by atoms with Crippen molar-refractivity contribution in [1.29, 1.82) is 0 Å². The molecule has 0 aliphatic carbocycles. The van der Waals surface area contributed by atoms with Crippen LogP contribution in [0.3, 0.4) is 0 Å². The van der Waals surface area contributed by atoms with E-state index in [1.165, 1.54) is 6.92 Å². The van der Waals surface area contributed by atoms with Gasteiger partial charge in [0.1, 0.15) is 5.60 Å². The molecule has 0 amide bonds. The van der Waals surface area contributed by atoms with E-state index in [-0.39, 0.29) is 13.3 Å². The Bertz CT molecular complexity index is 492. The first-order valence-electron chi connectivity index (χ1n) is 6.74. The molecule has 0 bridgehead atoms. The Morgan fingerprint density at radius 1 is 0.577 bits per heavy atom. The Kier molecular flexibility index (Phi) is 6.34. The summed E-state index contributed by atoms with van der Waals surface area (Å²) in [7, 11) is 0. The quantitative estimate of drug-likeness (QED) is 0.502. The van der Waals surface area contributed by atoms with Crippen LogP contribution in [0.15, 0.2) is 0 Å². The lowest BCUT2D eigenvalue weighted by Gasteiger charge is -2.43. The largest absolute Gasteiger partial charge is 0.460 e. The molecule has 1 N–H and O–H groups in total. The average Bonchev–Trinajstić information content (AvgIpc) is 2.42. The summed E-state index contributed by atoms with van der Waals surface area (Å²) in [5.74, 6) is -37.5. The second-order valence-electron chi connectivity index (χ2n) is 5.75. The van der Waals surface area contributed by atoms with E-state index in [9.17, 15) is 62.2 Å². The maximum absolute atomic E-state index is 13.7. The SMILES string of the molecule is CCCCC(C)(O)C(F)(F)C(F)(F)C(F)(F)C(F)(F)C(F)(F)C(F)(F)F. The number of unbranched alkanes of at least 4 members (excludes halogenated alkanes) is 1. The Morgan fingerprint density at radius 3 is 1.19 bits per heavy atom. The van der Waals surface area contributed by atoms with Gasteiger partial charge in [0.2, 0.25) is 0 Å².